The average Bonchev–Trinajstić information content (AvgIpc) is 2.86. The molecule has 0 saturated heterocycles. The Bertz CT molecular complexity index is 445. The van der Waals surface area contributed by atoms with E-state index in [1.807, 2.05) is 0 Å². The maximum absolute atomic E-state index is 9.80. The highest BCUT2D eigenvalue weighted by Crippen LogP contribution is 2.19. The molecule has 21 heavy (non-hydrogen) atoms. The van der Waals surface area contributed by atoms with E-state index in [1.54, 1.807) is 11.8 Å². The molecule has 1 aliphatic carbocycles. The van der Waals surface area contributed by atoms with Gasteiger partial charge in [0.2, 0.25) is 5.95 Å². The molecule has 0 amide bonds. The van der Waals surface area contributed by atoms with Gasteiger partial charge < -0.3 is 16.2 Å². The number of nitrogens with zero attached hydrogens (tertiary/aromatic N) is 3. The molecule has 1 aromatic rings. The van der Waals surface area contributed by atoms with Crippen LogP contribution in [0.1, 0.15) is 51.3 Å². The quantitative estimate of drug-likeness (QED) is 0.497. The summed E-state index contributed by atoms with van der Waals surface area (Å²) in [5, 5.41) is 13.8. The van der Waals surface area contributed by atoms with Gasteiger partial charge in [-0.3, -0.25) is 0 Å². The molecule has 2 unspecified atom stereocenters. The average molecular weight is 311 g/mol. The number of aliphatic hydroxyl groups is 1. The third-order valence-electron chi connectivity index (χ3n) is 3.66. The van der Waals surface area contributed by atoms with Gasteiger partial charge in [0.1, 0.15) is 5.82 Å². The van der Waals surface area contributed by atoms with E-state index in [0.717, 1.165) is 31.4 Å². The summed E-state index contributed by atoms with van der Waals surface area (Å²) in [6.45, 7) is 2.71. The third kappa shape index (κ3) is 5.41. The lowest BCUT2D eigenvalue weighted by molar-refractivity contribution is 0.148. The molecule has 7 heteroatoms. The monoisotopic (exact) mass is 311 g/mol. The molecule has 0 aliphatic heterocycles. The van der Waals surface area contributed by atoms with E-state index in [9.17, 15) is 5.11 Å². The molecule has 1 heterocycles. The minimum atomic E-state index is -0.257. The van der Waals surface area contributed by atoms with Crippen molar-refractivity contribution in [3.63, 3.8) is 0 Å². The number of aliphatic hydroxyl groups excluding tert-OH is 1. The van der Waals surface area contributed by atoms with Gasteiger partial charge in [-0.05, 0) is 25.7 Å². The Morgan fingerprint density at radius 1 is 1.29 bits per heavy atom. The SMILES string of the molecule is CCCCCSc1nc(N)nc(CNC2CCCC2O)n1. The van der Waals surface area contributed by atoms with Crippen molar-refractivity contribution in [3.8, 4) is 0 Å². The number of nitrogens with one attached hydrogen (secondary N) is 1. The number of nitrogens with two attached hydrogens (primary N) is 1. The lowest BCUT2D eigenvalue weighted by atomic mass is 10.2. The maximum Gasteiger partial charge on any atom is 0.224 e. The second-order valence-corrected chi connectivity index (χ2v) is 6.50. The summed E-state index contributed by atoms with van der Waals surface area (Å²) in [5.41, 5.74) is 5.75. The van der Waals surface area contributed by atoms with Gasteiger partial charge in [-0.2, -0.15) is 9.97 Å². The molecule has 0 spiro atoms. The Morgan fingerprint density at radius 3 is 2.86 bits per heavy atom. The van der Waals surface area contributed by atoms with Crippen molar-refractivity contribution in [2.75, 3.05) is 11.5 Å². The number of anilines is 1. The lowest BCUT2D eigenvalue weighted by Gasteiger charge is -2.15. The van der Waals surface area contributed by atoms with E-state index in [0.29, 0.717) is 17.5 Å². The van der Waals surface area contributed by atoms with Crippen molar-refractivity contribution in [3.05, 3.63) is 5.82 Å². The Morgan fingerprint density at radius 2 is 2.14 bits per heavy atom. The minimum absolute atomic E-state index is 0.142. The van der Waals surface area contributed by atoms with Crippen molar-refractivity contribution < 1.29 is 5.11 Å². The smallest absolute Gasteiger partial charge is 0.224 e. The topological polar surface area (TPSA) is 97.0 Å². The first-order valence-electron chi connectivity index (χ1n) is 7.73. The molecular weight excluding hydrogens is 286 g/mol. The summed E-state index contributed by atoms with van der Waals surface area (Å²) >= 11 is 1.63. The molecule has 118 valence electrons. The number of nitrogen functional groups attached to an aromatic ring is 1. The first kappa shape index (κ1) is 16.5. The van der Waals surface area contributed by atoms with Crippen molar-refractivity contribution in [1.29, 1.82) is 0 Å². The summed E-state index contributed by atoms with van der Waals surface area (Å²) in [7, 11) is 0. The van der Waals surface area contributed by atoms with Gasteiger partial charge in [0.25, 0.3) is 0 Å². The Labute approximate surface area is 130 Å². The van der Waals surface area contributed by atoms with Crippen LogP contribution in [0.25, 0.3) is 0 Å². The summed E-state index contributed by atoms with van der Waals surface area (Å²) < 4.78 is 0. The molecule has 0 aromatic carbocycles. The Hall–Kier alpha value is -0.920. The summed E-state index contributed by atoms with van der Waals surface area (Å²) in [4.78, 5) is 12.8. The molecule has 0 radical (unpaired) electrons. The van der Waals surface area contributed by atoms with Crippen LogP contribution in [0.15, 0.2) is 5.16 Å². The van der Waals surface area contributed by atoms with Crippen LogP contribution < -0.4 is 11.1 Å². The summed E-state index contributed by atoms with van der Waals surface area (Å²) in [6, 6.07) is 0.142. The van der Waals surface area contributed by atoms with Crippen molar-refractivity contribution in [2.24, 2.45) is 0 Å². The molecule has 2 atom stereocenters. The zero-order chi connectivity index (χ0) is 15.1. The summed E-state index contributed by atoms with van der Waals surface area (Å²) in [5.74, 6) is 1.93. The van der Waals surface area contributed by atoms with E-state index in [4.69, 9.17) is 5.73 Å². The zero-order valence-corrected chi connectivity index (χ0v) is 13.4. The van der Waals surface area contributed by atoms with Crippen LogP contribution in [0.2, 0.25) is 0 Å². The van der Waals surface area contributed by atoms with Crippen LogP contribution in [0.4, 0.5) is 5.95 Å². The van der Waals surface area contributed by atoms with E-state index in [1.165, 1.54) is 12.8 Å². The molecule has 6 nitrogen and oxygen atoms in total. The highest BCUT2D eigenvalue weighted by atomic mass is 32.2. The van der Waals surface area contributed by atoms with Crippen molar-refractivity contribution >= 4 is 17.7 Å². The number of rotatable bonds is 8. The van der Waals surface area contributed by atoms with Crippen molar-refractivity contribution in [2.45, 2.75) is 69.3 Å². The maximum atomic E-state index is 9.80. The van der Waals surface area contributed by atoms with Crippen LogP contribution in [-0.4, -0.2) is 38.0 Å². The van der Waals surface area contributed by atoms with E-state index >= 15 is 0 Å². The summed E-state index contributed by atoms with van der Waals surface area (Å²) in [6.07, 6.45) is 6.27. The highest BCUT2D eigenvalue weighted by Gasteiger charge is 2.24. The van der Waals surface area contributed by atoms with Gasteiger partial charge in [-0.15, -0.1) is 0 Å². The van der Waals surface area contributed by atoms with E-state index in [2.05, 4.69) is 27.2 Å². The molecule has 1 aromatic heterocycles. The Balaban J connectivity index is 1.85. The molecule has 1 aliphatic rings. The second kappa shape index (κ2) is 8.51. The van der Waals surface area contributed by atoms with E-state index in [-0.39, 0.29) is 18.1 Å². The zero-order valence-electron chi connectivity index (χ0n) is 12.6. The largest absolute Gasteiger partial charge is 0.392 e. The number of hydrogen-bond donors (Lipinski definition) is 3. The molecule has 1 saturated carbocycles. The molecule has 1 fully saturated rings. The first-order valence-corrected chi connectivity index (χ1v) is 8.72. The normalized spacial score (nSPS) is 21.8. The standard InChI is InChI=1S/C14H25N5OS/c1-2-3-4-8-21-14-18-12(17-13(15)19-14)9-16-10-6-5-7-11(10)20/h10-11,16,20H,2-9H2,1H3,(H2,15,17,18,19). The fraction of sp³-hybridized carbons (Fsp3) is 0.786. The van der Waals surface area contributed by atoms with Gasteiger partial charge in [0, 0.05) is 11.8 Å². The molecular formula is C14H25N5OS. The predicted octanol–water partition coefficient (Wildman–Crippen LogP) is 1.74. The van der Waals surface area contributed by atoms with Crippen molar-refractivity contribution in [1.82, 2.24) is 20.3 Å². The highest BCUT2D eigenvalue weighted by molar-refractivity contribution is 7.99. The fourth-order valence-electron chi connectivity index (χ4n) is 2.48. The van der Waals surface area contributed by atoms with Gasteiger partial charge in [0.05, 0.1) is 12.6 Å². The molecule has 2 rings (SSSR count). The Kier molecular flexibility index (Phi) is 6.66. The minimum Gasteiger partial charge on any atom is -0.392 e. The van der Waals surface area contributed by atoms with Crippen LogP contribution in [-0.2, 0) is 6.54 Å². The number of thioether (sulfide) groups is 1. The number of aromatic nitrogens is 3. The number of unbranched alkanes of at least 4 members (excludes halogenated alkanes) is 2. The van der Waals surface area contributed by atoms with Gasteiger partial charge in [-0.1, -0.05) is 31.5 Å². The molecule has 0 bridgehead atoms. The predicted molar refractivity (Wildman–Crippen MR) is 85.0 cm³/mol. The molecule has 4 N–H and O–H groups in total. The first-order chi connectivity index (χ1) is 10.2. The van der Waals surface area contributed by atoms with E-state index < -0.39 is 0 Å². The van der Waals surface area contributed by atoms with Gasteiger partial charge in [-0.25, -0.2) is 4.98 Å². The van der Waals surface area contributed by atoms with Crippen LogP contribution >= 0.6 is 11.8 Å². The van der Waals surface area contributed by atoms with Gasteiger partial charge in [0.15, 0.2) is 5.16 Å². The van der Waals surface area contributed by atoms with Crippen LogP contribution in [0, 0.1) is 0 Å². The second-order valence-electron chi connectivity index (χ2n) is 5.43. The van der Waals surface area contributed by atoms with Gasteiger partial charge >= 0.3 is 0 Å². The number of hydrogen-bond acceptors (Lipinski definition) is 7. The fourth-order valence-corrected chi connectivity index (χ4v) is 3.33. The van der Waals surface area contributed by atoms with Crippen LogP contribution in [0.3, 0.4) is 0 Å². The third-order valence-corrected chi connectivity index (χ3v) is 4.59. The van der Waals surface area contributed by atoms with Crippen LogP contribution in [0.5, 0.6) is 0 Å². The lowest BCUT2D eigenvalue weighted by Crippen LogP contribution is -2.35.